The molecule has 0 radical (unpaired) electrons. The van der Waals surface area contributed by atoms with Gasteiger partial charge in [-0.2, -0.15) is 0 Å². The average molecular weight is 783 g/mol. The predicted molar refractivity (Wildman–Crippen MR) is 179 cm³/mol. The van der Waals surface area contributed by atoms with E-state index in [0.717, 1.165) is 13.0 Å². The molecule has 20 nitrogen and oxygen atoms in total. The van der Waals surface area contributed by atoms with Gasteiger partial charge in [-0.25, -0.2) is 0 Å². The van der Waals surface area contributed by atoms with Gasteiger partial charge in [-0.15, -0.1) is 0 Å². The Kier molecular flexibility index (Phi) is 11.9. The van der Waals surface area contributed by atoms with Crippen LogP contribution in [0.3, 0.4) is 0 Å². The van der Waals surface area contributed by atoms with Crippen molar-refractivity contribution in [2.75, 3.05) is 6.61 Å². The van der Waals surface area contributed by atoms with Gasteiger partial charge in [0.2, 0.25) is 23.8 Å². The molecular formula is C35H42O20. The number of aliphatic hydroxyl groups is 8. The fourth-order valence-electron chi connectivity index (χ4n) is 6.52. The minimum atomic E-state index is -1.96. The molecule has 6 rings (SSSR count). The first-order chi connectivity index (χ1) is 26.0. The highest BCUT2D eigenvalue weighted by molar-refractivity contribution is 5.88. The van der Waals surface area contributed by atoms with Gasteiger partial charge in [0.25, 0.3) is 0 Å². The molecule has 0 saturated carbocycles. The zero-order chi connectivity index (χ0) is 40.0. The van der Waals surface area contributed by atoms with Gasteiger partial charge in [-0.3, -0.25) is 9.59 Å². The molecule has 3 fully saturated rings. The van der Waals surface area contributed by atoms with Crippen LogP contribution in [-0.4, -0.2) is 156 Å². The van der Waals surface area contributed by atoms with Crippen molar-refractivity contribution < 1.29 is 93.4 Å². The number of hydrogen-bond acceptors (Lipinski definition) is 20. The van der Waals surface area contributed by atoms with Crippen LogP contribution in [0.1, 0.15) is 20.8 Å². The van der Waals surface area contributed by atoms with Crippen molar-refractivity contribution in [3.05, 3.63) is 46.6 Å². The maximum absolute atomic E-state index is 14.3. The number of benzene rings is 2. The fourth-order valence-corrected chi connectivity index (χ4v) is 6.52. The summed E-state index contributed by atoms with van der Waals surface area (Å²) in [6, 6.07) is 7.38. The number of aliphatic hydroxyl groups excluding tert-OH is 8. The molecule has 3 aliphatic rings. The smallest absolute Gasteiger partial charge is 0.303 e. The number of hydrogen-bond donors (Lipinski definition) is 10. The van der Waals surface area contributed by atoms with Gasteiger partial charge in [0, 0.05) is 24.6 Å². The normalized spacial score (nSPS) is 36.7. The lowest BCUT2D eigenvalue weighted by molar-refractivity contribution is -0.355. The predicted octanol–water partition coefficient (Wildman–Crippen LogP) is -2.32. The number of phenols is 2. The van der Waals surface area contributed by atoms with E-state index in [-0.39, 0.29) is 28.4 Å². The second kappa shape index (κ2) is 16.1. The lowest BCUT2D eigenvalue weighted by Gasteiger charge is -2.46. The van der Waals surface area contributed by atoms with E-state index in [1.807, 2.05) is 0 Å². The van der Waals surface area contributed by atoms with Crippen molar-refractivity contribution in [1.29, 1.82) is 0 Å². The lowest BCUT2D eigenvalue weighted by Crippen LogP contribution is -2.65. The van der Waals surface area contributed by atoms with Crippen molar-refractivity contribution in [1.82, 2.24) is 0 Å². The van der Waals surface area contributed by atoms with Gasteiger partial charge < -0.3 is 88.6 Å². The average Bonchev–Trinajstić information content (AvgIpc) is 3.14. The standard InChI is InChI=1S/C35H42O20/c1-11-21(40)24(43)26(45)33(48-11)51-16-8-17(39)20-18(9-16)52-30(14-4-6-15(38)7-5-14)31(23(20)42)54-35-32(28(47)29(12(2)49-35)50-13(3)37)55-34-27(46)25(44)22(41)19(10-36)53-34/h4-9,11-12,19,21-22,24-29,32-36,38-41,43-47H,10H2,1-3H3/t11-,12-,19+,21-,22+,24+,25+,26+,27+,28+,29-,32+,33-,34-,35-/m0/s1. The van der Waals surface area contributed by atoms with E-state index in [9.17, 15) is 60.7 Å². The van der Waals surface area contributed by atoms with Crippen LogP contribution < -0.4 is 14.9 Å². The van der Waals surface area contributed by atoms with E-state index in [1.165, 1.54) is 44.2 Å². The number of phenolic OH excluding ortho intramolecular Hbond substituents is 2. The molecule has 0 unspecified atom stereocenters. The number of rotatable bonds is 9. The van der Waals surface area contributed by atoms with Gasteiger partial charge in [-0.1, -0.05) is 0 Å². The Labute approximate surface area is 310 Å². The fraction of sp³-hybridized carbons (Fsp3) is 0.543. The van der Waals surface area contributed by atoms with Gasteiger partial charge in [0.15, 0.2) is 24.3 Å². The molecule has 15 atom stereocenters. The Bertz CT molecular complexity index is 1880. The molecular weight excluding hydrogens is 740 g/mol. The van der Waals surface area contributed by atoms with Crippen LogP contribution in [0.25, 0.3) is 22.3 Å². The Hall–Kier alpha value is -4.16. The van der Waals surface area contributed by atoms with Crippen molar-refractivity contribution in [3.63, 3.8) is 0 Å². The molecule has 0 amide bonds. The molecule has 0 bridgehead atoms. The molecule has 3 saturated heterocycles. The second-order valence-corrected chi connectivity index (χ2v) is 13.4. The maximum Gasteiger partial charge on any atom is 0.303 e. The summed E-state index contributed by atoms with van der Waals surface area (Å²) in [4.78, 5) is 26.2. The number of aromatic hydroxyl groups is 2. The third-order valence-electron chi connectivity index (χ3n) is 9.53. The molecule has 3 aliphatic heterocycles. The monoisotopic (exact) mass is 782 g/mol. The number of fused-ring (bicyclic) bond motifs is 1. The summed E-state index contributed by atoms with van der Waals surface area (Å²) in [7, 11) is 0. The molecule has 1 aromatic heterocycles. The van der Waals surface area contributed by atoms with Crippen LogP contribution in [0.2, 0.25) is 0 Å². The summed E-state index contributed by atoms with van der Waals surface area (Å²) in [5.74, 6) is -2.86. The highest BCUT2D eigenvalue weighted by atomic mass is 16.8. The van der Waals surface area contributed by atoms with Crippen LogP contribution in [0.5, 0.6) is 23.0 Å². The quantitative estimate of drug-likeness (QED) is 0.102. The summed E-state index contributed by atoms with van der Waals surface area (Å²) in [5, 5.41) is 104. The van der Waals surface area contributed by atoms with Crippen molar-refractivity contribution >= 4 is 16.9 Å². The Morgan fingerprint density at radius 1 is 0.727 bits per heavy atom. The van der Waals surface area contributed by atoms with Crippen LogP contribution in [0, 0.1) is 0 Å². The first-order valence-electron chi connectivity index (χ1n) is 17.1. The van der Waals surface area contributed by atoms with Gasteiger partial charge >= 0.3 is 5.97 Å². The summed E-state index contributed by atoms with van der Waals surface area (Å²) in [5.41, 5.74) is -1.19. The first kappa shape index (κ1) is 40.5. The maximum atomic E-state index is 14.3. The molecule has 55 heavy (non-hydrogen) atoms. The van der Waals surface area contributed by atoms with E-state index in [0.29, 0.717) is 0 Å². The molecule has 10 N–H and O–H groups in total. The zero-order valence-corrected chi connectivity index (χ0v) is 29.4. The minimum Gasteiger partial charge on any atom is -0.508 e. The third kappa shape index (κ3) is 7.94. The Balaban J connectivity index is 1.42. The highest BCUT2D eigenvalue weighted by Gasteiger charge is 2.52. The summed E-state index contributed by atoms with van der Waals surface area (Å²) < 4.78 is 45.8. The van der Waals surface area contributed by atoms with Crippen LogP contribution in [0.4, 0.5) is 0 Å². The van der Waals surface area contributed by atoms with E-state index >= 15 is 0 Å². The number of carbonyl (C=O) groups is 1. The molecule has 4 heterocycles. The highest BCUT2D eigenvalue weighted by Crippen LogP contribution is 2.39. The summed E-state index contributed by atoms with van der Waals surface area (Å²) in [6.45, 7) is 3.09. The van der Waals surface area contributed by atoms with Crippen molar-refractivity contribution in [3.8, 4) is 34.3 Å². The molecule has 2 aromatic carbocycles. The minimum absolute atomic E-state index is 0.128. The largest absolute Gasteiger partial charge is 0.508 e. The summed E-state index contributed by atoms with van der Waals surface area (Å²) in [6.07, 6.45) is -24.2. The van der Waals surface area contributed by atoms with Gasteiger partial charge in [-0.05, 0) is 38.1 Å². The second-order valence-electron chi connectivity index (χ2n) is 13.4. The van der Waals surface area contributed by atoms with Gasteiger partial charge in [0.05, 0.1) is 18.8 Å². The summed E-state index contributed by atoms with van der Waals surface area (Å²) >= 11 is 0. The lowest BCUT2D eigenvalue weighted by atomic mass is 9.97. The zero-order valence-electron chi connectivity index (χ0n) is 29.4. The van der Waals surface area contributed by atoms with Crippen molar-refractivity contribution in [2.24, 2.45) is 0 Å². The topological polar surface area (TPSA) is 314 Å². The van der Waals surface area contributed by atoms with E-state index in [2.05, 4.69) is 0 Å². The molecule has 20 heteroatoms. The Morgan fingerprint density at radius 2 is 1.36 bits per heavy atom. The molecule has 3 aromatic rings. The molecule has 0 spiro atoms. The van der Waals surface area contributed by atoms with E-state index < -0.39 is 127 Å². The SMILES string of the molecule is CC(=O)O[C@@H]1[C@@H](O)[C@@H](O[C@@H]2O[C@H](CO)[C@@H](O)[C@@H](O)[C@H]2O)[C@H](Oc2c(-c3ccc(O)cc3)oc3cc(O[C@@H]4O[C@@H](C)[C@H](O)[C@@H](O)[C@H]4O)cc(O)c3c2=O)O[C@H]1C. The number of esters is 1. The van der Waals surface area contributed by atoms with E-state index in [4.69, 9.17) is 37.6 Å². The third-order valence-corrected chi connectivity index (χ3v) is 9.53. The number of ether oxygens (including phenoxy) is 7. The first-order valence-corrected chi connectivity index (χ1v) is 17.1. The van der Waals surface area contributed by atoms with Crippen molar-refractivity contribution in [2.45, 2.75) is 113 Å². The molecule has 302 valence electrons. The Morgan fingerprint density at radius 3 is 2.02 bits per heavy atom. The van der Waals surface area contributed by atoms with Crippen LogP contribution in [-0.2, 0) is 28.5 Å². The molecule has 0 aliphatic carbocycles. The van der Waals surface area contributed by atoms with E-state index in [1.54, 1.807) is 0 Å². The van der Waals surface area contributed by atoms with Gasteiger partial charge in [0.1, 0.15) is 77.0 Å². The van der Waals surface area contributed by atoms with Crippen LogP contribution >= 0.6 is 0 Å². The van der Waals surface area contributed by atoms with Crippen LogP contribution in [0.15, 0.2) is 45.6 Å². The number of carbonyl (C=O) groups excluding carboxylic acids is 1.